The Morgan fingerprint density at radius 2 is 1.85 bits per heavy atom. The molecule has 0 radical (unpaired) electrons. The topological polar surface area (TPSA) is 53.9 Å². The van der Waals surface area contributed by atoms with E-state index in [0.717, 1.165) is 55.0 Å². The molecule has 140 valence electrons. The number of benzene rings is 1. The molecule has 1 aliphatic rings. The minimum atomic E-state index is -4.36. The van der Waals surface area contributed by atoms with Crippen LogP contribution in [0, 0.1) is 0 Å². The molecule has 3 heterocycles. The van der Waals surface area contributed by atoms with Crippen molar-refractivity contribution in [2.24, 2.45) is 0 Å². The van der Waals surface area contributed by atoms with Crippen molar-refractivity contribution in [3.8, 4) is 0 Å². The minimum Gasteiger partial charge on any atom is -0.371 e. The van der Waals surface area contributed by atoms with Crippen molar-refractivity contribution in [3.05, 3.63) is 54.4 Å². The first kappa shape index (κ1) is 17.5. The van der Waals surface area contributed by atoms with Crippen molar-refractivity contribution < 1.29 is 13.2 Å². The summed E-state index contributed by atoms with van der Waals surface area (Å²) in [6, 6.07) is 9.63. The number of nitrogens with zero attached hydrogens (tertiary/aromatic N) is 4. The summed E-state index contributed by atoms with van der Waals surface area (Å²) in [4.78, 5) is 6.33. The van der Waals surface area contributed by atoms with Crippen LogP contribution in [0.3, 0.4) is 0 Å². The maximum absolute atomic E-state index is 12.9. The average molecular weight is 373 g/mol. The van der Waals surface area contributed by atoms with Gasteiger partial charge < -0.3 is 10.2 Å². The lowest BCUT2D eigenvalue weighted by Gasteiger charge is -2.34. The molecule has 4 rings (SSSR count). The molecule has 0 amide bonds. The third kappa shape index (κ3) is 3.79. The van der Waals surface area contributed by atoms with Crippen LogP contribution < -0.4 is 10.2 Å². The van der Waals surface area contributed by atoms with Gasteiger partial charge in [0.2, 0.25) is 0 Å². The van der Waals surface area contributed by atoms with Crippen LogP contribution in [0.2, 0.25) is 0 Å². The van der Waals surface area contributed by atoms with E-state index in [-0.39, 0.29) is 0 Å². The smallest absolute Gasteiger partial charge is 0.371 e. The van der Waals surface area contributed by atoms with Crippen molar-refractivity contribution in [3.63, 3.8) is 0 Å². The molecule has 2 aromatic heterocycles. The van der Waals surface area contributed by atoms with E-state index in [4.69, 9.17) is 0 Å². The molecule has 1 N–H and O–H groups in total. The highest BCUT2D eigenvalue weighted by Crippen LogP contribution is 2.34. The van der Waals surface area contributed by atoms with Crippen LogP contribution >= 0.6 is 0 Å². The van der Waals surface area contributed by atoms with E-state index in [2.05, 4.69) is 25.4 Å². The first-order valence-electron chi connectivity index (χ1n) is 8.76. The highest BCUT2D eigenvalue weighted by atomic mass is 19.4. The summed E-state index contributed by atoms with van der Waals surface area (Å²) in [6.07, 6.45) is 0.645. The molecule has 27 heavy (non-hydrogen) atoms. The van der Waals surface area contributed by atoms with Crippen molar-refractivity contribution in [1.82, 2.24) is 15.2 Å². The predicted octanol–water partition coefficient (Wildman–Crippen LogP) is 4.12. The quantitative estimate of drug-likeness (QED) is 0.748. The van der Waals surface area contributed by atoms with Crippen molar-refractivity contribution in [2.75, 3.05) is 23.3 Å². The lowest BCUT2D eigenvalue weighted by molar-refractivity contribution is -0.137. The second kappa shape index (κ2) is 7.02. The number of anilines is 2. The van der Waals surface area contributed by atoms with E-state index in [9.17, 15) is 13.2 Å². The summed E-state index contributed by atoms with van der Waals surface area (Å²) in [5.74, 6) is 0.755. The van der Waals surface area contributed by atoms with Crippen LogP contribution in [0.5, 0.6) is 0 Å². The molecule has 8 heteroatoms. The molecular weight excluding hydrogens is 355 g/mol. The molecule has 0 unspecified atom stereocenters. The second-order valence-electron chi connectivity index (χ2n) is 6.57. The first-order chi connectivity index (χ1) is 13.0. The summed E-state index contributed by atoms with van der Waals surface area (Å²) in [7, 11) is 0. The van der Waals surface area contributed by atoms with E-state index < -0.39 is 11.7 Å². The number of hydrogen-bond donors (Lipinski definition) is 1. The molecule has 0 atom stereocenters. The molecule has 1 aliphatic heterocycles. The lowest BCUT2D eigenvalue weighted by Crippen LogP contribution is -2.39. The Kier molecular flexibility index (Phi) is 4.55. The first-order valence-corrected chi connectivity index (χ1v) is 8.76. The zero-order valence-electron chi connectivity index (χ0n) is 14.4. The Balaban J connectivity index is 1.50. The number of aromatic nitrogens is 3. The Morgan fingerprint density at radius 1 is 1.04 bits per heavy atom. The van der Waals surface area contributed by atoms with Crippen molar-refractivity contribution in [2.45, 2.75) is 25.1 Å². The van der Waals surface area contributed by atoms with Crippen LogP contribution in [0.25, 0.3) is 10.9 Å². The van der Waals surface area contributed by atoms with E-state index in [0.29, 0.717) is 11.6 Å². The van der Waals surface area contributed by atoms with Gasteiger partial charge in [0.05, 0.1) is 11.1 Å². The summed E-state index contributed by atoms with van der Waals surface area (Å²) in [5.41, 5.74) is 0.611. The van der Waals surface area contributed by atoms with E-state index in [1.54, 1.807) is 12.4 Å². The SMILES string of the molecule is FC(F)(F)c1ccc2c(N3CCC(Nc4cccnn4)CC3)ccnc2c1. The van der Waals surface area contributed by atoms with E-state index in [1.165, 1.54) is 6.07 Å². The Morgan fingerprint density at radius 3 is 2.56 bits per heavy atom. The van der Waals surface area contributed by atoms with Gasteiger partial charge in [-0.25, -0.2) is 0 Å². The zero-order chi connectivity index (χ0) is 18.9. The number of fused-ring (bicyclic) bond motifs is 1. The van der Waals surface area contributed by atoms with E-state index >= 15 is 0 Å². The molecule has 1 saturated heterocycles. The van der Waals surface area contributed by atoms with Gasteiger partial charge in [0.1, 0.15) is 5.82 Å². The van der Waals surface area contributed by atoms with Gasteiger partial charge >= 0.3 is 6.18 Å². The van der Waals surface area contributed by atoms with Crippen molar-refractivity contribution >= 4 is 22.4 Å². The van der Waals surface area contributed by atoms with Gasteiger partial charge in [0.15, 0.2) is 0 Å². The van der Waals surface area contributed by atoms with Gasteiger partial charge in [-0.1, -0.05) is 6.07 Å². The summed E-state index contributed by atoms with van der Waals surface area (Å²) in [6.45, 7) is 1.61. The third-order valence-corrected chi connectivity index (χ3v) is 4.81. The number of pyridine rings is 1. The number of piperidine rings is 1. The number of halogens is 3. The minimum absolute atomic E-state index is 0.294. The van der Waals surface area contributed by atoms with E-state index in [1.807, 2.05) is 18.2 Å². The molecule has 0 saturated carbocycles. The molecule has 1 fully saturated rings. The van der Waals surface area contributed by atoms with Gasteiger partial charge in [-0.2, -0.15) is 18.3 Å². The number of hydrogen-bond acceptors (Lipinski definition) is 5. The fourth-order valence-electron chi connectivity index (χ4n) is 3.44. The number of alkyl halides is 3. The Bertz CT molecular complexity index is 922. The molecule has 3 aromatic rings. The van der Waals surface area contributed by atoms with Crippen LogP contribution in [-0.4, -0.2) is 34.3 Å². The predicted molar refractivity (Wildman–Crippen MR) is 97.6 cm³/mol. The highest BCUT2D eigenvalue weighted by Gasteiger charge is 2.31. The number of rotatable bonds is 3. The van der Waals surface area contributed by atoms with Gasteiger partial charge in [-0.05, 0) is 43.2 Å². The standard InChI is InChI=1S/C19H18F3N5/c20-19(21,22)13-3-4-15-16(12-13)23-9-5-17(15)27-10-6-14(7-11-27)25-18-2-1-8-24-26-18/h1-5,8-9,12,14H,6-7,10-11H2,(H,25,26). The largest absolute Gasteiger partial charge is 0.416 e. The molecular formula is C19H18F3N5. The highest BCUT2D eigenvalue weighted by molar-refractivity contribution is 5.92. The third-order valence-electron chi connectivity index (χ3n) is 4.81. The summed E-state index contributed by atoms with van der Waals surface area (Å²) < 4.78 is 38.8. The fourth-order valence-corrected chi connectivity index (χ4v) is 3.44. The molecule has 1 aromatic carbocycles. The summed E-state index contributed by atoms with van der Waals surface area (Å²) >= 11 is 0. The summed E-state index contributed by atoms with van der Waals surface area (Å²) in [5, 5.41) is 12.0. The maximum Gasteiger partial charge on any atom is 0.416 e. The van der Waals surface area contributed by atoms with Crippen LogP contribution in [0.15, 0.2) is 48.8 Å². The molecule has 0 bridgehead atoms. The van der Waals surface area contributed by atoms with Crippen LogP contribution in [-0.2, 0) is 6.18 Å². The fraction of sp³-hybridized carbons (Fsp3) is 0.316. The van der Waals surface area contributed by atoms with Gasteiger partial charge in [-0.15, -0.1) is 5.10 Å². The zero-order valence-corrected chi connectivity index (χ0v) is 14.4. The monoisotopic (exact) mass is 373 g/mol. The molecule has 5 nitrogen and oxygen atoms in total. The van der Waals surface area contributed by atoms with Crippen LogP contribution in [0.4, 0.5) is 24.7 Å². The Hall–Kier alpha value is -2.90. The van der Waals surface area contributed by atoms with Gasteiger partial charge in [0.25, 0.3) is 0 Å². The van der Waals surface area contributed by atoms with Crippen LogP contribution in [0.1, 0.15) is 18.4 Å². The molecule has 0 spiro atoms. The maximum atomic E-state index is 12.9. The van der Waals surface area contributed by atoms with Crippen molar-refractivity contribution in [1.29, 1.82) is 0 Å². The number of nitrogens with one attached hydrogen (secondary N) is 1. The lowest BCUT2D eigenvalue weighted by atomic mass is 10.0. The second-order valence-corrected chi connectivity index (χ2v) is 6.57. The average Bonchev–Trinajstić information content (AvgIpc) is 2.68. The van der Waals surface area contributed by atoms with Gasteiger partial charge in [0, 0.05) is 42.6 Å². The Labute approximate surface area is 154 Å². The molecule has 0 aliphatic carbocycles. The normalized spacial score (nSPS) is 15.9. The van der Waals surface area contributed by atoms with Gasteiger partial charge in [-0.3, -0.25) is 4.98 Å².